The van der Waals surface area contributed by atoms with Gasteiger partial charge in [-0.2, -0.15) is 0 Å². The van der Waals surface area contributed by atoms with Crippen molar-refractivity contribution in [2.75, 3.05) is 16.4 Å². The maximum absolute atomic E-state index is 14.1. The number of hydrogen-bond acceptors (Lipinski definition) is 3. The summed E-state index contributed by atoms with van der Waals surface area (Å²) in [6, 6.07) is 33.2. The summed E-state index contributed by atoms with van der Waals surface area (Å²) in [5.74, 6) is -0.612. The molecule has 5 heteroatoms. The summed E-state index contributed by atoms with van der Waals surface area (Å²) in [4.78, 5) is 31.0. The maximum atomic E-state index is 14.1. The summed E-state index contributed by atoms with van der Waals surface area (Å²) in [5, 5.41) is 0. The predicted molar refractivity (Wildman–Crippen MR) is 141 cm³/mol. The second-order valence-electron chi connectivity index (χ2n) is 7.83. The summed E-state index contributed by atoms with van der Waals surface area (Å²) in [5.41, 5.74) is 3.33. The summed E-state index contributed by atoms with van der Waals surface area (Å²) >= 11 is 0. The fraction of sp³-hybridized carbons (Fsp3) is 0.133. The molecule has 0 aliphatic heterocycles. The molecule has 0 saturated heterocycles. The van der Waals surface area contributed by atoms with Crippen LogP contribution in [0.4, 0.5) is 22.7 Å². The first-order chi connectivity index (χ1) is 17.2. The van der Waals surface area contributed by atoms with Crippen molar-refractivity contribution in [3.63, 3.8) is 0 Å². The van der Waals surface area contributed by atoms with Gasteiger partial charge in [-0.3, -0.25) is 19.4 Å². The quantitative estimate of drug-likeness (QED) is 0.287. The van der Waals surface area contributed by atoms with E-state index in [2.05, 4.69) is 0 Å². The molecule has 0 saturated carbocycles. The Morgan fingerprint density at radius 1 is 0.600 bits per heavy atom. The van der Waals surface area contributed by atoms with E-state index in [0.29, 0.717) is 41.5 Å². The first kappa shape index (κ1) is 23.8. The zero-order chi connectivity index (χ0) is 24.6. The molecule has 2 amide bonds. The normalized spacial score (nSPS) is 10.5. The third kappa shape index (κ3) is 5.09. The first-order valence-corrected chi connectivity index (χ1v) is 11.7. The van der Waals surface area contributed by atoms with Crippen molar-refractivity contribution < 1.29 is 14.3 Å². The van der Waals surface area contributed by atoms with E-state index in [9.17, 15) is 9.59 Å². The molecule has 0 unspecified atom stereocenters. The van der Waals surface area contributed by atoms with Crippen molar-refractivity contribution in [2.45, 2.75) is 20.3 Å². The molecule has 0 aromatic heterocycles. The molecule has 4 aromatic rings. The molecule has 4 aromatic carbocycles. The topological polar surface area (TPSA) is 49.9 Å². The average molecular weight is 465 g/mol. The average Bonchev–Trinajstić information content (AvgIpc) is 2.91. The van der Waals surface area contributed by atoms with Gasteiger partial charge in [0.1, 0.15) is 5.75 Å². The van der Waals surface area contributed by atoms with Crippen LogP contribution in [0, 0.1) is 0 Å². The second-order valence-corrected chi connectivity index (χ2v) is 7.83. The Morgan fingerprint density at radius 3 is 1.51 bits per heavy atom. The third-order valence-corrected chi connectivity index (χ3v) is 5.63. The van der Waals surface area contributed by atoms with Gasteiger partial charge in [-0.05, 0) is 61.9 Å². The van der Waals surface area contributed by atoms with E-state index in [1.54, 1.807) is 0 Å². The van der Waals surface area contributed by atoms with Crippen LogP contribution < -0.4 is 14.5 Å². The van der Waals surface area contributed by atoms with Crippen molar-refractivity contribution in [1.29, 1.82) is 0 Å². The van der Waals surface area contributed by atoms with Crippen LogP contribution in [-0.2, 0) is 16.0 Å². The van der Waals surface area contributed by atoms with E-state index in [0.717, 1.165) is 5.56 Å². The van der Waals surface area contributed by atoms with Crippen LogP contribution >= 0.6 is 0 Å². The minimum Gasteiger partial charge on any atom is -0.494 e. The van der Waals surface area contributed by atoms with Gasteiger partial charge in [0.05, 0.1) is 12.3 Å². The van der Waals surface area contributed by atoms with Crippen molar-refractivity contribution in [3.8, 4) is 5.75 Å². The maximum Gasteiger partial charge on any atom is 0.321 e. The molecule has 0 bridgehead atoms. The number of amides is 2. The van der Waals surface area contributed by atoms with E-state index < -0.39 is 11.8 Å². The van der Waals surface area contributed by atoms with Gasteiger partial charge in [0.25, 0.3) is 0 Å². The summed E-state index contributed by atoms with van der Waals surface area (Å²) in [7, 11) is 0. The fourth-order valence-electron chi connectivity index (χ4n) is 4.08. The molecule has 0 spiro atoms. The summed E-state index contributed by atoms with van der Waals surface area (Å²) < 4.78 is 5.85. The second kappa shape index (κ2) is 11.2. The number of rotatable bonds is 7. The Bertz CT molecular complexity index is 1240. The van der Waals surface area contributed by atoms with Crippen molar-refractivity contribution in [3.05, 3.63) is 115 Å². The highest BCUT2D eigenvalue weighted by molar-refractivity contribution is 6.47. The van der Waals surface area contributed by atoms with Crippen LogP contribution in [0.5, 0.6) is 5.75 Å². The number of ether oxygens (including phenoxy) is 1. The van der Waals surface area contributed by atoms with Gasteiger partial charge >= 0.3 is 11.8 Å². The van der Waals surface area contributed by atoms with Crippen LogP contribution in [0.3, 0.4) is 0 Å². The van der Waals surface area contributed by atoms with Crippen LogP contribution in [0.2, 0.25) is 0 Å². The molecule has 35 heavy (non-hydrogen) atoms. The molecule has 0 fully saturated rings. The zero-order valence-electron chi connectivity index (χ0n) is 19.9. The largest absolute Gasteiger partial charge is 0.494 e. The Hall–Kier alpha value is -4.38. The third-order valence-electron chi connectivity index (χ3n) is 5.63. The van der Waals surface area contributed by atoms with E-state index in [1.807, 2.05) is 123 Å². The van der Waals surface area contributed by atoms with Gasteiger partial charge in [0, 0.05) is 22.6 Å². The number of para-hydroxylation sites is 3. The number of benzene rings is 4. The van der Waals surface area contributed by atoms with E-state index in [1.165, 1.54) is 9.80 Å². The lowest BCUT2D eigenvalue weighted by Crippen LogP contribution is -2.42. The van der Waals surface area contributed by atoms with Gasteiger partial charge in [0.15, 0.2) is 0 Å². The van der Waals surface area contributed by atoms with E-state index >= 15 is 0 Å². The highest BCUT2D eigenvalue weighted by Gasteiger charge is 2.32. The smallest absolute Gasteiger partial charge is 0.321 e. The molecular weight excluding hydrogens is 436 g/mol. The van der Waals surface area contributed by atoms with Crippen molar-refractivity contribution in [2.24, 2.45) is 0 Å². The highest BCUT2D eigenvalue weighted by atomic mass is 16.5. The van der Waals surface area contributed by atoms with Gasteiger partial charge in [-0.1, -0.05) is 67.6 Å². The predicted octanol–water partition coefficient (Wildman–Crippen LogP) is 6.68. The van der Waals surface area contributed by atoms with Crippen molar-refractivity contribution >= 4 is 34.6 Å². The van der Waals surface area contributed by atoms with Crippen LogP contribution in [0.15, 0.2) is 109 Å². The van der Waals surface area contributed by atoms with Gasteiger partial charge in [-0.15, -0.1) is 0 Å². The molecule has 176 valence electrons. The van der Waals surface area contributed by atoms with Gasteiger partial charge in [0.2, 0.25) is 0 Å². The lowest BCUT2D eigenvalue weighted by Gasteiger charge is -2.29. The van der Waals surface area contributed by atoms with Crippen molar-refractivity contribution in [1.82, 2.24) is 0 Å². The van der Waals surface area contributed by atoms with E-state index in [4.69, 9.17) is 4.74 Å². The Kier molecular flexibility index (Phi) is 7.58. The molecule has 0 heterocycles. The summed E-state index contributed by atoms with van der Waals surface area (Å²) in [6.45, 7) is 4.44. The molecule has 0 aliphatic carbocycles. The van der Waals surface area contributed by atoms with Gasteiger partial charge < -0.3 is 4.74 Å². The first-order valence-electron chi connectivity index (χ1n) is 11.7. The number of anilines is 4. The molecule has 0 N–H and O–H groups in total. The van der Waals surface area contributed by atoms with Crippen LogP contribution in [-0.4, -0.2) is 18.4 Å². The van der Waals surface area contributed by atoms with Crippen LogP contribution in [0.25, 0.3) is 0 Å². The minimum atomic E-state index is -0.660. The lowest BCUT2D eigenvalue weighted by atomic mass is 10.1. The van der Waals surface area contributed by atoms with Gasteiger partial charge in [-0.25, -0.2) is 0 Å². The highest BCUT2D eigenvalue weighted by Crippen LogP contribution is 2.36. The molecular formula is C30H28N2O3. The summed E-state index contributed by atoms with van der Waals surface area (Å²) in [6.07, 6.45) is 0.636. The Balaban J connectivity index is 1.85. The lowest BCUT2D eigenvalue weighted by molar-refractivity contribution is -0.135. The molecule has 0 atom stereocenters. The standard InChI is InChI=1S/C30H28N2O3/c1-3-26-27(21-14-22-28(26)35-4-2)32(25-19-12-7-13-20-25)30(34)29(33)31(23-15-8-5-9-16-23)24-17-10-6-11-18-24/h5-22H,3-4H2,1-2H3. The zero-order valence-corrected chi connectivity index (χ0v) is 19.9. The van der Waals surface area contributed by atoms with E-state index in [-0.39, 0.29) is 0 Å². The molecule has 5 nitrogen and oxygen atoms in total. The SMILES string of the molecule is CCOc1cccc(N(C(=O)C(=O)N(c2ccccc2)c2ccccc2)c2ccccc2)c1CC. The number of hydrogen-bond donors (Lipinski definition) is 0. The number of carbonyl (C=O) groups is 2. The Morgan fingerprint density at radius 2 is 1.06 bits per heavy atom. The molecule has 0 radical (unpaired) electrons. The molecule has 0 aliphatic rings. The number of carbonyl (C=O) groups excluding carboxylic acids is 2. The number of nitrogens with zero attached hydrogens (tertiary/aromatic N) is 2. The molecule has 4 rings (SSSR count). The monoisotopic (exact) mass is 464 g/mol. The Labute approximate surface area is 206 Å². The fourth-order valence-corrected chi connectivity index (χ4v) is 4.08. The van der Waals surface area contributed by atoms with Crippen LogP contribution in [0.1, 0.15) is 19.4 Å². The minimum absolute atomic E-state index is 0.504.